The fourth-order valence-corrected chi connectivity index (χ4v) is 2.23. The maximum atomic E-state index is 10.7. The normalized spacial score (nSPS) is 11.8. The Hall–Kier alpha value is -0.430. The molecule has 62 valence electrons. The van der Waals surface area contributed by atoms with E-state index in [1.54, 1.807) is 0 Å². The van der Waals surface area contributed by atoms with Gasteiger partial charge in [0, 0.05) is 4.88 Å². The van der Waals surface area contributed by atoms with Gasteiger partial charge in [0.15, 0.2) is 0 Å². The van der Waals surface area contributed by atoms with Gasteiger partial charge in [-0.15, -0.1) is 11.3 Å². The van der Waals surface area contributed by atoms with Gasteiger partial charge in [-0.05, 0) is 12.1 Å². The van der Waals surface area contributed by atoms with Crippen molar-refractivity contribution in [1.29, 1.82) is 0 Å². The summed E-state index contributed by atoms with van der Waals surface area (Å²) in [6.45, 7) is -0.153. The van der Waals surface area contributed by atoms with E-state index in [0.29, 0.717) is 4.88 Å². The molecule has 0 aromatic carbocycles. The highest BCUT2D eigenvalue weighted by molar-refractivity contribution is 7.91. The summed E-state index contributed by atoms with van der Waals surface area (Å²) in [5.41, 5.74) is 0. The van der Waals surface area contributed by atoms with Crippen LogP contribution in [0.2, 0.25) is 0 Å². The Morgan fingerprint density at radius 3 is 2.45 bits per heavy atom. The predicted octanol–water partition coefficient (Wildman–Crippen LogP) is -0.112. The van der Waals surface area contributed by atoms with Crippen molar-refractivity contribution in [2.75, 3.05) is 0 Å². The van der Waals surface area contributed by atoms with Crippen molar-refractivity contribution in [3.63, 3.8) is 0 Å². The number of aliphatic hydroxyl groups is 1. The summed E-state index contributed by atoms with van der Waals surface area (Å²) in [4.78, 5) is 0.592. The molecule has 1 aromatic rings. The van der Waals surface area contributed by atoms with Crippen LogP contribution in [0.25, 0.3) is 0 Å². The predicted molar refractivity (Wildman–Crippen MR) is 41.6 cm³/mol. The molecule has 0 fully saturated rings. The standard InChI is InChI=1S/C5H7NO3S2/c6-11(8,9)5-2-1-4(3-7)10-5/h1-2,7H,3H2,(H2,6,8,9). The van der Waals surface area contributed by atoms with E-state index in [0.717, 1.165) is 11.3 Å². The first-order valence-electron chi connectivity index (χ1n) is 2.76. The van der Waals surface area contributed by atoms with Gasteiger partial charge in [-0.3, -0.25) is 0 Å². The number of primary sulfonamides is 1. The van der Waals surface area contributed by atoms with Crippen LogP contribution < -0.4 is 5.14 Å². The van der Waals surface area contributed by atoms with Gasteiger partial charge in [-0.25, -0.2) is 13.6 Å². The van der Waals surface area contributed by atoms with E-state index in [-0.39, 0.29) is 10.8 Å². The van der Waals surface area contributed by atoms with E-state index in [2.05, 4.69) is 0 Å². The van der Waals surface area contributed by atoms with Gasteiger partial charge < -0.3 is 5.11 Å². The van der Waals surface area contributed by atoms with E-state index < -0.39 is 10.0 Å². The molecule has 0 radical (unpaired) electrons. The van der Waals surface area contributed by atoms with Crippen LogP contribution in [0, 0.1) is 0 Å². The molecule has 0 aliphatic heterocycles. The minimum Gasteiger partial charge on any atom is -0.391 e. The molecule has 0 saturated carbocycles. The number of thiophene rings is 1. The third kappa shape index (κ3) is 2.00. The molecule has 3 N–H and O–H groups in total. The van der Waals surface area contributed by atoms with Crippen molar-refractivity contribution in [2.24, 2.45) is 5.14 Å². The van der Waals surface area contributed by atoms with E-state index in [9.17, 15) is 8.42 Å². The fraction of sp³-hybridized carbons (Fsp3) is 0.200. The van der Waals surface area contributed by atoms with Gasteiger partial charge >= 0.3 is 0 Å². The lowest BCUT2D eigenvalue weighted by Crippen LogP contribution is -2.09. The Morgan fingerprint density at radius 2 is 2.18 bits per heavy atom. The second-order valence-electron chi connectivity index (χ2n) is 1.92. The zero-order chi connectivity index (χ0) is 8.48. The molecule has 0 bridgehead atoms. The van der Waals surface area contributed by atoms with Crippen LogP contribution in [0.15, 0.2) is 16.3 Å². The van der Waals surface area contributed by atoms with Crippen molar-refractivity contribution < 1.29 is 13.5 Å². The van der Waals surface area contributed by atoms with E-state index in [4.69, 9.17) is 10.2 Å². The smallest absolute Gasteiger partial charge is 0.247 e. The molecule has 0 unspecified atom stereocenters. The first-order valence-corrected chi connectivity index (χ1v) is 5.12. The Morgan fingerprint density at radius 1 is 1.55 bits per heavy atom. The molecule has 4 nitrogen and oxygen atoms in total. The number of hydrogen-bond acceptors (Lipinski definition) is 4. The highest BCUT2D eigenvalue weighted by Gasteiger charge is 2.09. The lowest BCUT2D eigenvalue weighted by Gasteiger charge is -1.88. The summed E-state index contributed by atoms with van der Waals surface area (Å²) in [6.07, 6.45) is 0. The van der Waals surface area contributed by atoms with Crippen molar-refractivity contribution in [2.45, 2.75) is 10.8 Å². The van der Waals surface area contributed by atoms with Crippen LogP contribution in [-0.2, 0) is 16.6 Å². The first kappa shape index (κ1) is 8.66. The van der Waals surface area contributed by atoms with Crippen molar-refractivity contribution in [1.82, 2.24) is 0 Å². The molecule has 0 spiro atoms. The van der Waals surface area contributed by atoms with Crippen molar-refractivity contribution in [3.8, 4) is 0 Å². The minimum atomic E-state index is -3.58. The molecule has 0 atom stereocenters. The second-order valence-corrected chi connectivity index (χ2v) is 4.88. The largest absolute Gasteiger partial charge is 0.391 e. The third-order valence-corrected chi connectivity index (χ3v) is 3.58. The van der Waals surface area contributed by atoms with E-state index in [1.807, 2.05) is 0 Å². The van der Waals surface area contributed by atoms with Crippen LogP contribution in [0.3, 0.4) is 0 Å². The first-order chi connectivity index (χ1) is 5.04. The molecule has 0 amide bonds. The molecule has 0 saturated heterocycles. The van der Waals surface area contributed by atoms with Crippen molar-refractivity contribution >= 4 is 21.4 Å². The van der Waals surface area contributed by atoms with Gasteiger partial charge in [0.2, 0.25) is 10.0 Å². The fourth-order valence-electron chi connectivity index (χ4n) is 0.596. The molecule has 1 rings (SSSR count). The molecule has 6 heteroatoms. The second kappa shape index (κ2) is 2.90. The number of aliphatic hydroxyl groups excluding tert-OH is 1. The van der Waals surface area contributed by atoms with Gasteiger partial charge in [-0.1, -0.05) is 0 Å². The van der Waals surface area contributed by atoms with Crippen LogP contribution >= 0.6 is 11.3 Å². The number of nitrogens with two attached hydrogens (primary N) is 1. The third-order valence-electron chi connectivity index (χ3n) is 1.07. The summed E-state index contributed by atoms with van der Waals surface area (Å²) < 4.78 is 21.4. The highest BCUT2D eigenvalue weighted by Crippen LogP contribution is 2.19. The molecule has 1 aromatic heterocycles. The van der Waals surface area contributed by atoms with Crippen molar-refractivity contribution in [3.05, 3.63) is 17.0 Å². The average molecular weight is 193 g/mol. The molecule has 1 heterocycles. The zero-order valence-electron chi connectivity index (χ0n) is 5.52. The van der Waals surface area contributed by atoms with Crippen LogP contribution in [-0.4, -0.2) is 13.5 Å². The number of rotatable bonds is 2. The summed E-state index contributed by atoms with van der Waals surface area (Å²) in [7, 11) is -3.58. The van der Waals surface area contributed by atoms with Crippen LogP contribution in [0.1, 0.15) is 4.88 Å². The van der Waals surface area contributed by atoms with Gasteiger partial charge in [0.1, 0.15) is 4.21 Å². The van der Waals surface area contributed by atoms with E-state index >= 15 is 0 Å². The van der Waals surface area contributed by atoms with Gasteiger partial charge in [0.05, 0.1) is 6.61 Å². The number of sulfonamides is 1. The lowest BCUT2D eigenvalue weighted by atomic mass is 10.5. The Balaban J connectivity index is 3.09. The average Bonchev–Trinajstić information content (AvgIpc) is 2.32. The minimum absolute atomic E-state index is 0.0848. The summed E-state index contributed by atoms with van der Waals surface area (Å²) in [5.74, 6) is 0. The van der Waals surface area contributed by atoms with Gasteiger partial charge in [0.25, 0.3) is 0 Å². The molecular weight excluding hydrogens is 186 g/mol. The molecular formula is C5H7NO3S2. The number of hydrogen-bond donors (Lipinski definition) is 2. The van der Waals surface area contributed by atoms with E-state index in [1.165, 1.54) is 12.1 Å². The SMILES string of the molecule is NS(=O)(=O)c1ccc(CO)s1. The Labute approximate surface area is 68.3 Å². The highest BCUT2D eigenvalue weighted by atomic mass is 32.2. The monoisotopic (exact) mass is 193 g/mol. The summed E-state index contributed by atoms with van der Waals surface area (Å²) >= 11 is 0.977. The van der Waals surface area contributed by atoms with Crippen LogP contribution in [0.5, 0.6) is 0 Å². The molecule has 11 heavy (non-hydrogen) atoms. The topological polar surface area (TPSA) is 80.4 Å². The summed E-state index contributed by atoms with van der Waals surface area (Å²) in [6, 6.07) is 2.91. The summed E-state index contributed by atoms with van der Waals surface area (Å²) in [5, 5.41) is 13.4. The maximum absolute atomic E-state index is 10.7. The van der Waals surface area contributed by atoms with Crippen LogP contribution in [0.4, 0.5) is 0 Å². The molecule has 0 aliphatic carbocycles. The quantitative estimate of drug-likeness (QED) is 0.687. The molecule has 0 aliphatic rings. The maximum Gasteiger partial charge on any atom is 0.247 e. The lowest BCUT2D eigenvalue weighted by molar-refractivity contribution is 0.285. The van der Waals surface area contributed by atoms with Gasteiger partial charge in [-0.2, -0.15) is 0 Å². The Bertz CT molecular complexity index is 340. The zero-order valence-corrected chi connectivity index (χ0v) is 7.15. The Kier molecular flexibility index (Phi) is 2.28.